The first-order valence-corrected chi connectivity index (χ1v) is 27.8. The predicted octanol–water partition coefficient (Wildman–Crippen LogP) is 18.3. The van der Waals surface area contributed by atoms with Gasteiger partial charge in [-0.3, -0.25) is 14.4 Å². The first-order valence-electron chi connectivity index (χ1n) is 27.8. The Morgan fingerprint density at radius 2 is 0.524 bits per heavy atom. The Balaban J connectivity index is 4.34. The molecule has 0 spiro atoms. The summed E-state index contributed by atoms with van der Waals surface area (Å²) in [6.07, 6.45) is 60.1. The van der Waals surface area contributed by atoms with Crippen LogP contribution in [0.5, 0.6) is 0 Å². The van der Waals surface area contributed by atoms with Crippen molar-refractivity contribution >= 4 is 17.9 Å². The minimum Gasteiger partial charge on any atom is -0.462 e. The van der Waals surface area contributed by atoms with E-state index in [-0.39, 0.29) is 31.1 Å². The monoisotopic (exact) mass is 887 g/mol. The van der Waals surface area contributed by atoms with E-state index in [0.29, 0.717) is 19.3 Å². The number of ether oxygens (including phenoxy) is 3. The summed E-state index contributed by atoms with van der Waals surface area (Å²) >= 11 is 0. The van der Waals surface area contributed by atoms with Crippen LogP contribution in [0.2, 0.25) is 0 Å². The molecule has 0 aromatic carbocycles. The molecule has 0 saturated heterocycles. The molecule has 0 aliphatic heterocycles. The van der Waals surface area contributed by atoms with Crippen LogP contribution in [0.15, 0.2) is 24.3 Å². The lowest BCUT2D eigenvalue weighted by molar-refractivity contribution is -0.167. The van der Waals surface area contributed by atoms with Crippen molar-refractivity contribution in [3.63, 3.8) is 0 Å². The van der Waals surface area contributed by atoms with Gasteiger partial charge in [-0.15, -0.1) is 0 Å². The van der Waals surface area contributed by atoms with Gasteiger partial charge in [-0.2, -0.15) is 0 Å². The fourth-order valence-electron chi connectivity index (χ4n) is 8.20. The minimum atomic E-state index is -0.771. The Kier molecular flexibility index (Phi) is 50.8. The van der Waals surface area contributed by atoms with Crippen molar-refractivity contribution in [2.75, 3.05) is 13.2 Å². The molecule has 0 aromatic heterocycles. The normalized spacial score (nSPS) is 12.1. The molecular weight excluding hydrogens is 781 g/mol. The standard InChI is InChI=1S/C57H106O6/c1-4-7-10-13-16-19-22-25-27-28-30-32-35-38-41-44-47-50-56(59)62-53-54(52-61-55(58)49-46-43-40-37-34-31-24-21-18-15-12-9-6-3)63-57(60)51-48-45-42-39-36-33-29-26-23-20-17-14-11-8-5-2/h20,23,25,27,54H,4-19,21-22,24,26,28-53H2,1-3H3/b23-20+,27-25+/t54-/m1/s1. The van der Waals surface area contributed by atoms with Crippen LogP contribution in [-0.2, 0) is 28.6 Å². The zero-order valence-corrected chi connectivity index (χ0v) is 42.4. The lowest BCUT2D eigenvalue weighted by atomic mass is 10.0. The summed E-state index contributed by atoms with van der Waals surface area (Å²) in [7, 11) is 0. The van der Waals surface area contributed by atoms with E-state index < -0.39 is 6.10 Å². The van der Waals surface area contributed by atoms with Crippen molar-refractivity contribution in [1.82, 2.24) is 0 Å². The third-order valence-electron chi connectivity index (χ3n) is 12.4. The zero-order valence-electron chi connectivity index (χ0n) is 42.4. The molecule has 0 radical (unpaired) electrons. The number of carbonyl (C=O) groups excluding carboxylic acids is 3. The summed E-state index contributed by atoms with van der Waals surface area (Å²) in [5.74, 6) is -0.862. The fourth-order valence-corrected chi connectivity index (χ4v) is 8.20. The van der Waals surface area contributed by atoms with Gasteiger partial charge in [-0.25, -0.2) is 0 Å². The maximum Gasteiger partial charge on any atom is 0.306 e. The SMILES string of the molecule is CCCCCC/C=C/CCCCCCCCCC(=O)O[C@@H](COC(=O)CCCCCCCCC/C=C/CCCCCCCC)COC(=O)CCCCCCCCCCCCCCC. The molecule has 0 unspecified atom stereocenters. The van der Waals surface area contributed by atoms with Crippen molar-refractivity contribution in [1.29, 1.82) is 0 Å². The van der Waals surface area contributed by atoms with E-state index >= 15 is 0 Å². The Morgan fingerprint density at radius 3 is 0.810 bits per heavy atom. The molecule has 0 heterocycles. The summed E-state index contributed by atoms with van der Waals surface area (Å²) < 4.78 is 16.8. The number of rotatable bonds is 51. The smallest absolute Gasteiger partial charge is 0.306 e. The van der Waals surface area contributed by atoms with Gasteiger partial charge in [0.05, 0.1) is 0 Å². The molecule has 0 aliphatic carbocycles. The summed E-state index contributed by atoms with van der Waals surface area (Å²) in [6.45, 7) is 6.65. The van der Waals surface area contributed by atoms with E-state index in [1.165, 1.54) is 205 Å². The lowest BCUT2D eigenvalue weighted by Crippen LogP contribution is -2.30. The van der Waals surface area contributed by atoms with Crippen LogP contribution in [-0.4, -0.2) is 37.2 Å². The molecule has 370 valence electrons. The van der Waals surface area contributed by atoms with Crippen LogP contribution in [0, 0.1) is 0 Å². The molecule has 0 aliphatic rings. The summed E-state index contributed by atoms with van der Waals surface area (Å²) in [5.41, 5.74) is 0. The van der Waals surface area contributed by atoms with Crippen molar-refractivity contribution < 1.29 is 28.6 Å². The van der Waals surface area contributed by atoms with Crippen molar-refractivity contribution in [2.45, 2.75) is 309 Å². The molecular formula is C57H106O6. The highest BCUT2D eigenvalue weighted by molar-refractivity contribution is 5.71. The van der Waals surface area contributed by atoms with Gasteiger partial charge in [-0.05, 0) is 70.6 Å². The summed E-state index contributed by atoms with van der Waals surface area (Å²) in [5, 5.41) is 0. The minimum absolute atomic E-state index is 0.0702. The van der Waals surface area contributed by atoms with Gasteiger partial charge in [0.2, 0.25) is 0 Å². The van der Waals surface area contributed by atoms with Crippen molar-refractivity contribution in [3.8, 4) is 0 Å². The second kappa shape index (κ2) is 52.5. The van der Waals surface area contributed by atoms with Crippen molar-refractivity contribution in [2.24, 2.45) is 0 Å². The number of unbranched alkanes of at least 4 members (excludes halogenated alkanes) is 36. The van der Waals surface area contributed by atoms with E-state index in [1.807, 2.05) is 0 Å². The van der Waals surface area contributed by atoms with Crippen molar-refractivity contribution in [3.05, 3.63) is 24.3 Å². The molecule has 6 nitrogen and oxygen atoms in total. The third-order valence-corrected chi connectivity index (χ3v) is 12.4. The van der Waals surface area contributed by atoms with Crippen LogP contribution in [0.1, 0.15) is 303 Å². The van der Waals surface area contributed by atoms with Gasteiger partial charge < -0.3 is 14.2 Å². The molecule has 0 bridgehead atoms. The van der Waals surface area contributed by atoms with Gasteiger partial charge in [-0.1, -0.05) is 238 Å². The molecule has 0 fully saturated rings. The highest BCUT2D eigenvalue weighted by atomic mass is 16.6. The molecule has 0 aromatic rings. The van der Waals surface area contributed by atoms with E-state index in [0.717, 1.165) is 57.8 Å². The van der Waals surface area contributed by atoms with Crippen LogP contribution in [0.25, 0.3) is 0 Å². The van der Waals surface area contributed by atoms with Crippen LogP contribution in [0.3, 0.4) is 0 Å². The van der Waals surface area contributed by atoms with E-state index in [9.17, 15) is 14.4 Å². The second-order valence-corrected chi connectivity index (χ2v) is 18.8. The maximum absolute atomic E-state index is 12.8. The molecule has 0 saturated carbocycles. The number of carbonyl (C=O) groups is 3. The van der Waals surface area contributed by atoms with E-state index in [1.54, 1.807) is 0 Å². The van der Waals surface area contributed by atoms with Gasteiger partial charge in [0.1, 0.15) is 13.2 Å². The van der Waals surface area contributed by atoms with Crippen LogP contribution < -0.4 is 0 Å². The first-order chi connectivity index (χ1) is 31.0. The molecule has 63 heavy (non-hydrogen) atoms. The van der Waals surface area contributed by atoms with Gasteiger partial charge in [0.15, 0.2) is 6.10 Å². The van der Waals surface area contributed by atoms with Gasteiger partial charge in [0.25, 0.3) is 0 Å². The highest BCUT2D eigenvalue weighted by Crippen LogP contribution is 2.16. The molecule has 1 atom stereocenters. The Hall–Kier alpha value is -2.11. The van der Waals surface area contributed by atoms with E-state index in [2.05, 4.69) is 45.1 Å². The average Bonchev–Trinajstić information content (AvgIpc) is 3.28. The number of esters is 3. The molecule has 0 N–H and O–H groups in total. The topological polar surface area (TPSA) is 78.9 Å². The highest BCUT2D eigenvalue weighted by Gasteiger charge is 2.19. The first kappa shape index (κ1) is 60.9. The molecule has 0 amide bonds. The predicted molar refractivity (Wildman–Crippen MR) is 270 cm³/mol. The Morgan fingerprint density at radius 1 is 0.302 bits per heavy atom. The lowest BCUT2D eigenvalue weighted by Gasteiger charge is -2.18. The number of hydrogen-bond acceptors (Lipinski definition) is 6. The third kappa shape index (κ3) is 50.7. The van der Waals surface area contributed by atoms with Crippen LogP contribution >= 0.6 is 0 Å². The quantitative estimate of drug-likeness (QED) is 0.0262. The van der Waals surface area contributed by atoms with Gasteiger partial charge in [0, 0.05) is 19.3 Å². The second-order valence-electron chi connectivity index (χ2n) is 18.8. The largest absolute Gasteiger partial charge is 0.462 e. The zero-order chi connectivity index (χ0) is 45.8. The Bertz CT molecular complexity index is 1020. The van der Waals surface area contributed by atoms with Crippen LogP contribution in [0.4, 0.5) is 0 Å². The van der Waals surface area contributed by atoms with E-state index in [4.69, 9.17) is 14.2 Å². The van der Waals surface area contributed by atoms with Gasteiger partial charge >= 0.3 is 17.9 Å². The molecule has 0 rings (SSSR count). The summed E-state index contributed by atoms with van der Waals surface area (Å²) in [4.78, 5) is 38.1. The Labute approximate surface area is 392 Å². The number of hydrogen-bond donors (Lipinski definition) is 0. The fraction of sp³-hybridized carbons (Fsp3) is 0.877. The summed E-state index contributed by atoms with van der Waals surface area (Å²) in [6, 6.07) is 0. The maximum atomic E-state index is 12.8. The molecule has 6 heteroatoms. The number of allylic oxidation sites excluding steroid dienone is 4. The average molecular weight is 887 g/mol.